The van der Waals surface area contributed by atoms with Crippen LogP contribution in [0, 0.1) is 0 Å². The zero-order valence-electron chi connectivity index (χ0n) is 8.31. The molecule has 0 aromatic carbocycles. The summed E-state index contributed by atoms with van der Waals surface area (Å²) >= 11 is 0. The van der Waals surface area contributed by atoms with Crippen LogP contribution < -0.4 is 0 Å². The highest BCUT2D eigenvalue weighted by Gasteiger charge is 1.87. The quantitative estimate of drug-likeness (QED) is 0.802. The Bertz CT molecular complexity index is 270. The van der Waals surface area contributed by atoms with Crippen LogP contribution in [-0.4, -0.2) is 16.1 Å². The fourth-order valence-corrected chi connectivity index (χ4v) is 0.711. The van der Waals surface area contributed by atoms with E-state index in [4.69, 9.17) is 5.11 Å². The molecule has 3 heteroatoms. The third-order valence-corrected chi connectivity index (χ3v) is 1.36. The lowest BCUT2D eigenvalue weighted by atomic mass is 10.4. The predicted molar refractivity (Wildman–Crippen MR) is 56.9 cm³/mol. The Morgan fingerprint density at radius 2 is 2.36 bits per heavy atom. The van der Waals surface area contributed by atoms with Gasteiger partial charge in [0.2, 0.25) is 0 Å². The summed E-state index contributed by atoms with van der Waals surface area (Å²) in [6, 6.07) is 5.73. The van der Waals surface area contributed by atoms with E-state index in [1.54, 1.807) is 12.3 Å². The summed E-state index contributed by atoms with van der Waals surface area (Å²) in [4.78, 5) is 13.6. The second kappa shape index (κ2) is 7.98. The molecule has 14 heavy (non-hydrogen) atoms. The van der Waals surface area contributed by atoms with Gasteiger partial charge in [-0.15, -0.1) is 0 Å². The van der Waals surface area contributed by atoms with Crippen molar-refractivity contribution in [1.82, 2.24) is 4.98 Å². The zero-order valence-corrected chi connectivity index (χ0v) is 8.31. The van der Waals surface area contributed by atoms with Crippen LogP contribution in [0.1, 0.15) is 25.5 Å². The maximum absolute atomic E-state index is 9.60. The van der Waals surface area contributed by atoms with Gasteiger partial charge < -0.3 is 5.11 Å². The highest BCUT2D eigenvalue weighted by molar-refractivity contribution is 5.66. The predicted octanol–water partition coefficient (Wildman–Crippen LogP) is 2.60. The van der Waals surface area contributed by atoms with Crippen LogP contribution in [0.15, 0.2) is 31.0 Å². The molecule has 76 valence electrons. The lowest BCUT2D eigenvalue weighted by Gasteiger charge is -1.84. The largest absolute Gasteiger partial charge is 0.481 e. The van der Waals surface area contributed by atoms with E-state index in [0.717, 1.165) is 12.1 Å². The minimum Gasteiger partial charge on any atom is -0.481 e. The van der Waals surface area contributed by atoms with E-state index >= 15 is 0 Å². The number of hydrogen-bond donors (Lipinski definition) is 1. The molecule has 0 bridgehead atoms. The van der Waals surface area contributed by atoms with Crippen molar-refractivity contribution in [2.24, 2.45) is 0 Å². The summed E-state index contributed by atoms with van der Waals surface area (Å²) in [6.07, 6.45) is 4.49. The molecule has 0 fully saturated rings. The van der Waals surface area contributed by atoms with Gasteiger partial charge in [-0.3, -0.25) is 9.78 Å². The van der Waals surface area contributed by atoms with E-state index in [9.17, 15) is 4.79 Å². The second-order valence-electron chi connectivity index (χ2n) is 2.60. The minimum atomic E-state index is -0.711. The SMILES string of the molecule is C=Cc1ccccn1.CCCC(=O)O. The van der Waals surface area contributed by atoms with Gasteiger partial charge in [-0.05, 0) is 24.6 Å². The van der Waals surface area contributed by atoms with Crippen molar-refractivity contribution >= 4 is 12.0 Å². The average Bonchev–Trinajstić information content (AvgIpc) is 2.20. The molecule has 1 heterocycles. The Labute approximate surface area is 84.1 Å². The number of aromatic nitrogens is 1. The number of nitrogens with zero attached hydrogens (tertiary/aromatic N) is 1. The summed E-state index contributed by atoms with van der Waals surface area (Å²) in [6.45, 7) is 5.41. The molecule has 0 saturated heterocycles. The molecule has 1 N–H and O–H groups in total. The number of hydrogen-bond acceptors (Lipinski definition) is 2. The van der Waals surface area contributed by atoms with Crippen LogP contribution in [0.5, 0.6) is 0 Å². The highest BCUT2D eigenvalue weighted by atomic mass is 16.4. The van der Waals surface area contributed by atoms with E-state index in [1.807, 2.05) is 25.1 Å². The van der Waals surface area contributed by atoms with Gasteiger partial charge in [0.15, 0.2) is 0 Å². The molecule has 3 nitrogen and oxygen atoms in total. The van der Waals surface area contributed by atoms with Crippen LogP contribution in [0.4, 0.5) is 0 Å². The lowest BCUT2D eigenvalue weighted by Crippen LogP contribution is -1.90. The van der Waals surface area contributed by atoms with Crippen molar-refractivity contribution in [3.05, 3.63) is 36.7 Å². The molecule has 0 atom stereocenters. The van der Waals surface area contributed by atoms with Crippen LogP contribution in [-0.2, 0) is 4.79 Å². The highest BCUT2D eigenvalue weighted by Crippen LogP contribution is 1.91. The minimum absolute atomic E-state index is 0.292. The molecule has 0 unspecified atom stereocenters. The Hall–Kier alpha value is -1.64. The molecule has 1 aromatic heterocycles. The monoisotopic (exact) mass is 193 g/mol. The Morgan fingerprint density at radius 1 is 1.64 bits per heavy atom. The summed E-state index contributed by atoms with van der Waals surface area (Å²) < 4.78 is 0. The average molecular weight is 193 g/mol. The molecule has 0 aliphatic rings. The van der Waals surface area contributed by atoms with Crippen molar-refractivity contribution in [2.45, 2.75) is 19.8 Å². The number of aliphatic carboxylic acids is 1. The second-order valence-corrected chi connectivity index (χ2v) is 2.60. The van der Waals surface area contributed by atoms with Gasteiger partial charge in [-0.25, -0.2) is 0 Å². The van der Waals surface area contributed by atoms with Crippen molar-refractivity contribution in [3.8, 4) is 0 Å². The number of pyridine rings is 1. The smallest absolute Gasteiger partial charge is 0.303 e. The molecule has 0 aliphatic heterocycles. The van der Waals surface area contributed by atoms with Gasteiger partial charge in [0.25, 0.3) is 0 Å². The Balaban J connectivity index is 0.000000255. The Morgan fingerprint density at radius 3 is 2.57 bits per heavy atom. The van der Waals surface area contributed by atoms with Gasteiger partial charge in [-0.1, -0.05) is 19.6 Å². The van der Waals surface area contributed by atoms with Crippen molar-refractivity contribution in [1.29, 1.82) is 0 Å². The third kappa shape index (κ3) is 7.03. The topological polar surface area (TPSA) is 50.2 Å². The van der Waals surface area contributed by atoms with Gasteiger partial charge in [-0.2, -0.15) is 0 Å². The summed E-state index contributed by atoms with van der Waals surface area (Å²) in [7, 11) is 0. The van der Waals surface area contributed by atoms with Gasteiger partial charge in [0, 0.05) is 12.6 Å². The molecule has 0 radical (unpaired) electrons. The van der Waals surface area contributed by atoms with E-state index in [0.29, 0.717) is 6.42 Å². The number of carboxylic acids is 1. The zero-order chi connectivity index (χ0) is 10.8. The van der Waals surface area contributed by atoms with E-state index in [-0.39, 0.29) is 0 Å². The summed E-state index contributed by atoms with van der Waals surface area (Å²) in [5.74, 6) is -0.711. The maximum Gasteiger partial charge on any atom is 0.303 e. The van der Waals surface area contributed by atoms with Gasteiger partial charge >= 0.3 is 5.97 Å². The summed E-state index contributed by atoms with van der Waals surface area (Å²) in [5.41, 5.74) is 0.924. The van der Waals surface area contributed by atoms with Crippen molar-refractivity contribution < 1.29 is 9.90 Å². The van der Waals surface area contributed by atoms with Crippen LogP contribution >= 0.6 is 0 Å². The van der Waals surface area contributed by atoms with E-state index in [1.165, 1.54) is 0 Å². The van der Waals surface area contributed by atoms with Crippen LogP contribution in [0.25, 0.3) is 6.08 Å². The first-order valence-electron chi connectivity index (χ1n) is 4.46. The molecule has 0 amide bonds. The molecule has 0 spiro atoms. The molecule has 0 aliphatic carbocycles. The van der Waals surface area contributed by atoms with E-state index < -0.39 is 5.97 Å². The fourth-order valence-electron chi connectivity index (χ4n) is 0.711. The molecular formula is C11H15NO2. The number of rotatable bonds is 3. The first-order valence-corrected chi connectivity index (χ1v) is 4.46. The summed E-state index contributed by atoms with van der Waals surface area (Å²) in [5, 5.41) is 7.91. The third-order valence-electron chi connectivity index (χ3n) is 1.36. The van der Waals surface area contributed by atoms with Gasteiger partial charge in [0.1, 0.15) is 0 Å². The lowest BCUT2D eigenvalue weighted by molar-refractivity contribution is -0.137. The van der Waals surface area contributed by atoms with Crippen molar-refractivity contribution in [2.75, 3.05) is 0 Å². The standard InChI is InChI=1S/C7H7N.C4H8O2/c1-2-7-5-3-4-6-8-7;1-2-3-4(5)6/h2-6H,1H2;2-3H2,1H3,(H,5,6). The molecule has 1 rings (SSSR count). The first-order chi connectivity index (χ1) is 6.70. The normalized spacial score (nSPS) is 8.36. The van der Waals surface area contributed by atoms with Crippen LogP contribution in [0.3, 0.4) is 0 Å². The molecule has 1 aromatic rings. The fraction of sp³-hybridized carbons (Fsp3) is 0.273. The van der Waals surface area contributed by atoms with E-state index in [2.05, 4.69) is 11.6 Å². The van der Waals surface area contributed by atoms with Gasteiger partial charge in [0.05, 0.1) is 5.69 Å². The maximum atomic E-state index is 9.60. The van der Waals surface area contributed by atoms with Crippen LogP contribution in [0.2, 0.25) is 0 Å². The molecular weight excluding hydrogens is 178 g/mol. The number of carboxylic acid groups (broad SMARTS) is 1. The Kier molecular flexibility index (Phi) is 7.05. The first kappa shape index (κ1) is 12.4. The van der Waals surface area contributed by atoms with Crippen molar-refractivity contribution in [3.63, 3.8) is 0 Å². The molecule has 0 saturated carbocycles. The number of carbonyl (C=O) groups is 1.